The van der Waals surface area contributed by atoms with Gasteiger partial charge in [-0.15, -0.1) is 0 Å². The van der Waals surface area contributed by atoms with Gasteiger partial charge in [0.15, 0.2) is 0 Å². The summed E-state index contributed by atoms with van der Waals surface area (Å²) in [6.07, 6.45) is 2.07. The summed E-state index contributed by atoms with van der Waals surface area (Å²) in [6.45, 7) is 5.29. The standard InChI is InChI=1S/C13H18BrNO2S/c1-10-4-3-7-15(9-10)18(16,17)12-5-6-13(14)11(2)8-12/h5-6,8,10H,3-4,7,9H2,1-2H3. The fraction of sp³-hybridized carbons (Fsp3) is 0.538. The topological polar surface area (TPSA) is 37.4 Å². The number of hydrogen-bond donors (Lipinski definition) is 0. The van der Waals surface area contributed by atoms with Crippen LogP contribution in [0.25, 0.3) is 0 Å². The molecule has 0 aromatic heterocycles. The van der Waals surface area contributed by atoms with Crippen molar-refractivity contribution in [3.05, 3.63) is 28.2 Å². The van der Waals surface area contributed by atoms with Gasteiger partial charge in [-0.2, -0.15) is 4.31 Å². The molecular formula is C13H18BrNO2S. The Morgan fingerprint density at radius 1 is 1.39 bits per heavy atom. The molecule has 1 aromatic rings. The first-order valence-electron chi connectivity index (χ1n) is 6.17. The summed E-state index contributed by atoms with van der Waals surface area (Å²) in [7, 11) is -3.32. The molecule has 3 nitrogen and oxygen atoms in total. The Hall–Kier alpha value is -0.390. The first-order chi connectivity index (χ1) is 8.41. The Bertz CT molecular complexity index is 542. The average molecular weight is 332 g/mol. The summed E-state index contributed by atoms with van der Waals surface area (Å²) >= 11 is 3.39. The molecule has 1 saturated heterocycles. The van der Waals surface area contributed by atoms with Gasteiger partial charge in [-0.25, -0.2) is 8.42 Å². The first-order valence-corrected chi connectivity index (χ1v) is 8.41. The van der Waals surface area contributed by atoms with Gasteiger partial charge in [-0.05, 0) is 49.4 Å². The highest BCUT2D eigenvalue weighted by Crippen LogP contribution is 2.26. The lowest BCUT2D eigenvalue weighted by Crippen LogP contribution is -2.39. The zero-order valence-corrected chi connectivity index (χ0v) is 13.1. The van der Waals surface area contributed by atoms with E-state index in [2.05, 4.69) is 22.9 Å². The number of aryl methyl sites for hydroxylation is 1. The van der Waals surface area contributed by atoms with Crippen LogP contribution >= 0.6 is 15.9 Å². The highest BCUT2D eigenvalue weighted by Gasteiger charge is 2.28. The first kappa shape index (κ1) is 14.0. The van der Waals surface area contributed by atoms with Gasteiger partial charge in [-0.1, -0.05) is 22.9 Å². The van der Waals surface area contributed by atoms with Crippen LogP contribution in [0.2, 0.25) is 0 Å². The number of halogens is 1. The van der Waals surface area contributed by atoms with E-state index in [0.717, 1.165) is 22.9 Å². The number of rotatable bonds is 2. The maximum Gasteiger partial charge on any atom is 0.243 e. The molecule has 1 unspecified atom stereocenters. The van der Waals surface area contributed by atoms with Crippen molar-refractivity contribution in [1.82, 2.24) is 4.31 Å². The second-order valence-corrected chi connectivity index (χ2v) is 7.81. The Labute approximate surface area is 117 Å². The minimum atomic E-state index is -3.32. The SMILES string of the molecule is Cc1cc(S(=O)(=O)N2CCCC(C)C2)ccc1Br. The average Bonchev–Trinajstić information content (AvgIpc) is 2.32. The largest absolute Gasteiger partial charge is 0.243 e. The molecule has 100 valence electrons. The monoisotopic (exact) mass is 331 g/mol. The maximum atomic E-state index is 12.5. The van der Waals surface area contributed by atoms with Crippen molar-refractivity contribution in [2.45, 2.75) is 31.6 Å². The second kappa shape index (κ2) is 5.31. The third kappa shape index (κ3) is 2.78. The molecule has 2 rings (SSSR count). The van der Waals surface area contributed by atoms with Crippen LogP contribution < -0.4 is 0 Å². The Morgan fingerprint density at radius 2 is 2.11 bits per heavy atom. The zero-order valence-electron chi connectivity index (χ0n) is 10.7. The van der Waals surface area contributed by atoms with E-state index in [0.29, 0.717) is 23.9 Å². The van der Waals surface area contributed by atoms with Crippen molar-refractivity contribution in [2.75, 3.05) is 13.1 Å². The predicted octanol–water partition coefficient (Wildman–Crippen LogP) is 3.18. The third-order valence-corrected chi connectivity index (χ3v) is 6.14. The van der Waals surface area contributed by atoms with Gasteiger partial charge in [0.2, 0.25) is 10.0 Å². The molecule has 0 saturated carbocycles. The predicted molar refractivity (Wildman–Crippen MR) is 76.0 cm³/mol. The summed E-state index contributed by atoms with van der Waals surface area (Å²) in [5, 5.41) is 0. The lowest BCUT2D eigenvalue weighted by Gasteiger charge is -2.30. The molecule has 0 aliphatic carbocycles. The highest BCUT2D eigenvalue weighted by atomic mass is 79.9. The van der Waals surface area contributed by atoms with Crippen molar-refractivity contribution in [3.63, 3.8) is 0 Å². The van der Waals surface area contributed by atoms with Gasteiger partial charge in [0.25, 0.3) is 0 Å². The van der Waals surface area contributed by atoms with Crippen LogP contribution in [0.1, 0.15) is 25.3 Å². The summed E-state index contributed by atoms with van der Waals surface area (Å²) in [6, 6.07) is 5.21. The van der Waals surface area contributed by atoms with Crippen LogP contribution in [-0.2, 0) is 10.0 Å². The molecule has 0 amide bonds. The van der Waals surface area contributed by atoms with Crippen LogP contribution in [0.4, 0.5) is 0 Å². The highest BCUT2D eigenvalue weighted by molar-refractivity contribution is 9.10. The molecule has 1 aliphatic heterocycles. The van der Waals surface area contributed by atoms with E-state index >= 15 is 0 Å². The van der Waals surface area contributed by atoms with E-state index < -0.39 is 10.0 Å². The molecule has 5 heteroatoms. The minimum Gasteiger partial charge on any atom is -0.207 e. The molecular weight excluding hydrogens is 314 g/mol. The van der Waals surface area contributed by atoms with E-state index in [1.165, 1.54) is 0 Å². The number of piperidine rings is 1. The van der Waals surface area contributed by atoms with E-state index in [-0.39, 0.29) is 0 Å². The number of benzene rings is 1. The van der Waals surface area contributed by atoms with Crippen molar-refractivity contribution >= 4 is 26.0 Å². The summed E-state index contributed by atoms with van der Waals surface area (Å²) < 4.78 is 27.6. The number of hydrogen-bond acceptors (Lipinski definition) is 2. The fourth-order valence-electron chi connectivity index (χ4n) is 2.29. The lowest BCUT2D eigenvalue weighted by atomic mass is 10.0. The van der Waals surface area contributed by atoms with Crippen molar-refractivity contribution in [3.8, 4) is 0 Å². The molecule has 1 aliphatic rings. The van der Waals surface area contributed by atoms with Gasteiger partial charge < -0.3 is 0 Å². The van der Waals surface area contributed by atoms with E-state index in [9.17, 15) is 8.42 Å². The number of nitrogens with zero attached hydrogens (tertiary/aromatic N) is 1. The van der Waals surface area contributed by atoms with Gasteiger partial charge in [0.1, 0.15) is 0 Å². The van der Waals surface area contributed by atoms with Crippen molar-refractivity contribution in [1.29, 1.82) is 0 Å². The normalized spacial score (nSPS) is 22.1. The van der Waals surface area contributed by atoms with Crippen LogP contribution in [0, 0.1) is 12.8 Å². The molecule has 1 fully saturated rings. The maximum absolute atomic E-state index is 12.5. The van der Waals surface area contributed by atoms with E-state index in [1.54, 1.807) is 22.5 Å². The minimum absolute atomic E-state index is 0.400. The van der Waals surface area contributed by atoms with Crippen LogP contribution in [-0.4, -0.2) is 25.8 Å². The van der Waals surface area contributed by atoms with Gasteiger partial charge in [-0.3, -0.25) is 0 Å². The molecule has 0 spiro atoms. The van der Waals surface area contributed by atoms with Crippen molar-refractivity contribution < 1.29 is 8.42 Å². The van der Waals surface area contributed by atoms with Crippen LogP contribution in [0.5, 0.6) is 0 Å². The Balaban J connectivity index is 2.32. The Kier molecular flexibility index (Phi) is 4.14. The summed E-state index contributed by atoms with van der Waals surface area (Å²) in [5.41, 5.74) is 0.945. The molecule has 1 aromatic carbocycles. The number of sulfonamides is 1. The second-order valence-electron chi connectivity index (χ2n) is 5.02. The quantitative estimate of drug-likeness (QED) is 0.834. The zero-order chi connectivity index (χ0) is 13.3. The molecule has 0 radical (unpaired) electrons. The summed E-state index contributed by atoms with van der Waals surface area (Å²) in [5.74, 6) is 0.449. The smallest absolute Gasteiger partial charge is 0.207 e. The van der Waals surface area contributed by atoms with E-state index in [4.69, 9.17) is 0 Å². The van der Waals surface area contributed by atoms with Gasteiger partial charge in [0.05, 0.1) is 4.90 Å². The summed E-state index contributed by atoms with van der Waals surface area (Å²) in [4.78, 5) is 0.400. The van der Waals surface area contributed by atoms with Crippen molar-refractivity contribution in [2.24, 2.45) is 5.92 Å². The molecule has 18 heavy (non-hydrogen) atoms. The Morgan fingerprint density at radius 3 is 2.72 bits per heavy atom. The third-order valence-electron chi connectivity index (χ3n) is 3.39. The van der Waals surface area contributed by atoms with Gasteiger partial charge >= 0.3 is 0 Å². The fourth-order valence-corrected chi connectivity index (χ4v) is 4.22. The van der Waals surface area contributed by atoms with E-state index in [1.807, 2.05) is 6.92 Å². The van der Waals surface area contributed by atoms with Crippen LogP contribution in [0.15, 0.2) is 27.6 Å². The van der Waals surface area contributed by atoms with Gasteiger partial charge in [0, 0.05) is 17.6 Å². The molecule has 1 heterocycles. The molecule has 1 atom stereocenters. The molecule has 0 N–H and O–H groups in total. The molecule has 0 bridgehead atoms. The van der Waals surface area contributed by atoms with Crippen LogP contribution in [0.3, 0.4) is 0 Å². The lowest BCUT2D eigenvalue weighted by molar-refractivity contribution is 0.281.